The van der Waals surface area contributed by atoms with Gasteiger partial charge in [0.05, 0.1) is 6.61 Å². The molecule has 0 heterocycles. The number of carboxylic acids is 2. The van der Waals surface area contributed by atoms with Crippen molar-refractivity contribution in [1.82, 2.24) is 10.2 Å². The van der Waals surface area contributed by atoms with Crippen LogP contribution in [0.1, 0.15) is 26.7 Å². The second-order valence-electron chi connectivity index (χ2n) is 4.55. The highest BCUT2D eigenvalue weighted by Crippen LogP contribution is 1.91. The third-order valence-corrected chi connectivity index (χ3v) is 2.76. The van der Waals surface area contributed by atoms with Gasteiger partial charge in [-0.25, -0.2) is 9.59 Å². The molecule has 0 aliphatic carbocycles. The maximum Gasteiger partial charge on any atom is 0.328 e. The van der Waals surface area contributed by atoms with E-state index < -0.39 is 17.0 Å². The van der Waals surface area contributed by atoms with Crippen molar-refractivity contribution in [2.75, 3.05) is 32.8 Å². The predicted molar refractivity (Wildman–Crippen MR) is 87.4 cm³/mol. The summed E-state index contributed by atoms with van der Waals surface area (Å²) in [4.78, 5) is 46.5. The number of carbonyl (C=O) groups is 3. The molecule has 11 heteroatoms. The van der Waals surface area contributed by atoms with Crippen molar-refractivity contribution in [3.63, 3.8) is 0 Å². The molecule has 0 aliphatic heterocycles. The van der Waals surface area contributed by atoms with Crippen LogP contribution in [0.5, 0.6) is 0 Å². The fourth-order valence-corrected chi connectivity index (χ4v) is 1.50. The molecule has 0 spiro atoms. The van der Waals surface area contributed by atoms with Crippen molar-refractivity contribution in [3.05, 3.63) is 22.3 Å². The predicted octanol–water partition coefficient (Wildman–Crippen LogP) is 0.145. The quantitative estimate of drug-likeness (QED) is 0.190. The van der Waals surface area contributed by atoms with Gasteiger partial charge in [-0.1, -0.05) is 13.8 Å². The van der Waals surface area contributed by atoms with E-state index in [1.165, 1.54) is 0 Å². The minimum atomic E-state index is -1.26. The summed E-state index contributed by atoms with van der Waals surface area (Å²) in [5, 5.41) is 27.4. The van der Waals surface area contributed by atoms with Crippen LogP contribution in [0.25, 0.3) is 0 Å². The number of rotatable bonds is 12. The van der Waals surface area contributed by atoms with E-state index in [1.54, 1.807) is 0 Å². The van der Waals surface area contributed by atoms with Gasteiger partial charge >= 0.3 is 11.9 Å². The molecule has 0 aromatic heterocycles. The zero-order valence-electron chi connectivity index (χ0n) is 14.3. The van der Waals surface area contributed by atoms with E-state index >= 15 is 0 Å². The van der Waals surface area contributed by atoms with Gasteiger partial charge in [0.25, 0.3) is 5.09 Å². The normalized spacial score (nSPS) is 10.0. The number of carbonyl (C=O) groups excluding carboxylic acids is 1. The van der Waals surface area contributed by atoms with Crippen molar-refractivity contribution in [1.29, 1.82) is 0 Å². The molecule has 0 aromatic rings. The maximum absolute atomic E-state index is 11.3. The Bertz CT molecular complexity index is 433. The molecule has 1 amide bonds. The van der Waals surface area contributed by atoms with Crippen LogP contribution >= 0.6 is 0 Å². The van der Waals surface area contributed by atoms with Crippen LogP contribution in [0.2, 0.25) is 0 Å². The molecular weight excluding hydrogens is 338 g/mol. The molecular formula is C14H25N3O8. The summed E-state index contributed by atoms with van der Waals surface area (Å²) < 4.78 is 0. The SMILES string of the molecule is CCN(CC)CCNC(=O)CCCO[N+](=O)[O-].O=C(O)C=CC(=O)O. The van der Waals surface area contributed by atoms with Crippen LogP contribution in [-0.2, 0) is 19.2 Å². The first-order valence-electron chi connectivity index (χ1n) is 7.63. The van der Waals surface area contributed by atoms with Gasteiger partial charge in [0.1, 0.15) is 0 Å². The van der Waals surface area contributed by atoms with Crippen molar-refractivity contribution in [2.45, 2.75) is 26.7 Å². The van der Waals surface area contributed by atoms with Crippen molar-refractivity contribution < 1.29 is 34.5 Å². The minimum Gasteiger partial charge on any atom is -0.478 e. The van der Waals surface area contributed by atoms with Gasteiger partial charge in [0.2, 0.25) is 5.91 Å². The van der Waals surface area contributed by atoms with Crippen LogP contribution in [0.4, 0.5) is 0 Å². The third-order valence-electron chi connectivity index (χ3n) is 2.76. The Morgan fingerprint density at radius 3 is 2.08 bits per heavy atom. The van der Waals surface area contributed by atoms with Crippen molar-refractivity contribution in [3.8, 4) is 0 Å². The van der Waals surface area contributed by atoms with E-state index in [-0.39, 0.29) is 18.9 Å². The minimum absolute atomic E-state index is 0.0313. The first kappa shape index (κ1) is 24.6. The van der Waals surface area contributed by atoms with Crippen molar-refractivity contribution in [2.24, 2.45) is 0 Å². The summed E-state index contributed by atoms with van der Waals surface area (Å²) in [6, 6.07) is 0. The van der Waals surface area contributed by atoms with E-state index in [0.29, 0.717) is 25.1 Å². The molecule has 0 unspecified atom stereocenters. The second-order valence-corrected chi connectivity index (χ2v) is 4.55. The number of hydrogen-bond donors (Lipinski definition) is 3. The lowest BCUT2D eigenvalue weighted by Gasteiger charge is -2.17. The van der Waals surface area contributed by atoms with E-state index in [9.17, 15) is 24.5 Å². The summed E-state index contributed by atoms with van der Waals surface area (Å²) in [5.41, 5.74) is 0. The fourth-order valence-electron chi connectivity index (χ4n) is 1.50. The van der Waals surface area contributed by atoms with Crippen LogP contribution < -0.4 is 5.32 Å². The average Bonchev–Trinajstić information content (AvgIpc) is 2.54. The monoisotopic (exact) mass is 363 g/mol. The van der Waals surface area contributed by atoms with Gasteiger partial charge in [0, 0.05) is 31.7 Å². The summed E-state index contributed by atoms with van der Waals surface area (Å²) in [6.45, 7) is 7.46. The highest BCUT2D eigenvalue weighted by atomic mass is 16.9. The van der Waals surface area contributed by atoms with Gasteiger partial charge in [-0.05, 0) is 19.5 Å². The topological polar surface area (TPSA) is 159 Å². The molecule has 0 saturated heterocycles. The van der Waals surface area contributed by atoms with Gasteiger partial charge in [0.15, 0.2) is 0 Å². The standard InChI is InChI=1S/C10H21N3O4.C4H4O4/c1-3-12(4-2)8-7-11-10(14)6-5-9-17-13(15)16;5-3(6)1-2-4(7)8/h3-9H2,1-2H3,(H,11,14);1-2H,(H,5,6)(H,7,8). The summed E-state index contributed by atoms with van der Waals surface area (Å²) in [7, 11) is 0. The van der Waals surface area contributed by atoms with Crippen molar-refractivity contribution >= 4 is 17.8 Å². The molecule has 3 N–H and O–H groups in total. The van der Waals surface area contributed by atoms with Gasteiger partial charge in [-0.2, -0.15) is 0 Å². The first-order valence-corrected chi connectivity index (χ1v) is 7.63. The lowest BCUT2D eigenvalue weighted by molar-refractivity contribution is -0.757. The Hall–Kier alpha value is -2.69. The van der Waals surface area contributed by atoms with Gasteiger partial charge in [-0.3, -0.25) is 4.79 Å². The molecule has 0 rings (SSSR count). The summed E-state index contributed by atoms with van der Waals surface area (Å²) in [5.74, 6) is -2.61. The van der Waals surface area contributed by atoms with E-state index in [0.717, 1.165) is 19.6 Å². The Morgan fingerprint density at radius 1 is 1.16 bits per heavy atom. The second kappa shape index (κ2) is 16.2. The van der Waals surface area contributed by atoms with Crippen LogP contribution in [0.3, 0.4) is 0 Å². The largest absolute Gasteiger partial charge is 0.478 e. The number of aliphatic carboxylic acids is 2. The number of carboxylic acid groups (broad SMARTS) is 2. The van der Waals surface area contributed by atoms with Crippen LogP contribution in [0.15, 0.2) is 12.2 Å². The molecule has 0 fully saturated rings. The highest BCUT2D eigenvalue weighted by molar-refractivity contribution is 5.89. The Kier molecular flexibility index (Phi) is 15.9. The van der Waals surface area contributed by atoms with Gasteiger partial charge < -0.3 is 25.3 Å². The lowest BCUT2D eigenvalue weighted by Crippen LogP contribution is -2.34. The Morgan fingerprint density at radius 2 is 1.68 bits per heavy atom. The number of likely N-dealkylation sites (N-methyl/N-ethyl adjacent to an activating group) is 1. The number of nitrogens with zero attached hydrogens (tertiary/aromatic N) is 2. The van der Waals surface area contributed by atoms with Crippen LogP contribution in [0, 0.1) is 10.1 Å². The smallest absolute Gasteiger partial charge is 0.328 e. The molecule has 0 bridgehead atoms. The molecule has 144 valence electrons. The molecule has 11 nitrogen and oxygen atoms in total. The zero-order valence-corrected chi connectivity index (χ0v) is 14.3. The molecule has 25 heavy (non-hydrogen) atoms. The maximum atomic E-state index is 11.3. The van der Waals surface area contributed by atoms with Gasteiger partial charge in [-0.15, -0.1) is 10.1 Å². The Balaban J connectivity index is 0. The fraction of sp³-hybridized carbons (Fsp3) is 0.643. The van der Waals surface area contributed by atoms with Crippen LogP contribution in [-0.4, -0.2) is 70.8 Å². The van der Waals surface area contributed by atoms with E-state index in [1.807, 2.05) is 0 Å². The number of hydrogen-bond acceptors (Lipinski definition) is 7. The molecule has 0 saturated carbocycles. The third kappa shape index (κ3) is 21.3. The molecule has 0 radical (unpaired) electrons. The average molecular weight is 363 g/mol. The lowest BCUT2D eigenvalue weighted by atomic mass is 10.3. The number of amides is 1. The molecule has 0 atom stereocenters. The number of nitrogens with one attached hydrogen (secondary N) is 1. The molecule has 0 aliphatic rings. The summed E-state index contributed by atoms with van der Waals surface area (Å²) >= 11 is 0. The molecule has 0 aromatic carbocycles. The first-order chi connectivity index (χ1) is 11.7. The zero-order chi connectivity index (χ0) is 19.7. The van der Waals surface area contributed by atoms with E-state index in [2.05, 4.69) is 28.9 Å². The summed E-state index contributed by atoms with van der Waals surface area (Å²) in [6.07, 6.45) is 1.73. The highest BCUT2D eigenvalue weighted by Gasteiger charge is 2.03. The Labute approximate surface area is 145 Å². The van der Waals surface area contributed by atoms with E-state index in [4.69, 9.17) is 10.2 Å².